The first-order valence-electron chi connectivity index (χ1n) is 8.00. The van der Waals surface area contributed by atoms with Crippen LogP contribution in [0.15, 0.2) is 4.42 Å². The molecular weight excluding hydrogens is 304 g/mol. The minimum atomic E-state index is -3.17. The molecule has 22 heavy (non-hydrogen) atoms. The van der Waals surface area contributed by atoms with Gasteiger partial charge in [0.05, 0.1) is 12.8 Å². The highest BCUT2D eigenvalue weighted by molar-refractivity contribution is 7.88. The number of likely N-dealkylation sites (tertiary alicyclic amines) is 1. The quantitative estimate of drug-likeness (QED) is 0.828. The molecule has 1 saturated heterocycles. The van der Waals surface area contributed by atoms with Gasteiger partial charge in [-0.1, -0.05) is 0 Å². The maximum absolute atomic E-state index is 11.6. The van der Waals surface area contributed by atoms with Crippen LogP contribution in [0.4, 0.5) is 0 Å². The van der Waals surface area contributed by atoms with Crippen LogP contribution in [0.1, 0.15) is 43.4 Å². The summed E-state index contributed by atoms with van der Waals surface area (Å²) in [6, 6.07) is 0.00771. The van der Waals surface area contributed by atoms with Crippen molar-refractivity contribution in [1.29, 1.82) is 0 Å². The van der Waals surface area contributed by atoms with Crippen molar-refractivity contribution in [2.45, 2.75) is 44.2 Å². The predicted octanol–water partition coefficient (Wildman–Crippen LogP) is 0.707. The number of hydrogen-bond acceptors (Lipinski definition) is 6. The number of nitrogens with one attached hydrogen (secondary N) is 1. The highest BCUT2D eigenvalue weighted by atomic mass is 32.2. The van der Waals surface area contributed by atoms with Crippen LogP contribution >= 0.6 is 0 Å². The molecule has 1 aliphatic heterocycles. The summed E-state index contributed by atoms with van der Waals surface area (Å²) in [6.45, 7) is 2.24. The van der Waals surface area contributed by atoms with E-state index in [2.05, 4.69) is 19.8 Å². The average Bonchev–Trinajstić information content (AvgIpc) is 3.35. The third-order valence-corrected chi connectivity index (χ3v) is 5.53. The van der Waals surface area contributed by atoms with Gasteiger partial charge in [0.1, 0.15) is 0 Å². The van der Waals surface area contributed by atoms with Crippen molar-refractivity contribution >= 4 is 10.0 Å². The van der Waals surface area contributed by atoms with E-state index in [1.165, 1.54) is 19.1 Å². The van der Waals surface area contributed by atoms with E-state index in [-0.39, 0.29) is 6.04 Å². The van der Waals surface area contributed by atoms with E-state index in [4.69, 9.17) is 4.42 Å². The molecule has 122 valence electrons. The lowest BCUT2D eigenvalue weighted by molar-refractivity contribution is 0.272. The molecule has 0 amide bonds. The topological polar surface area (TPSA) is 88.3 Å². The van der Waals surface area contributed by atoms with Gasteiger partial charge in [0.25, 0.3) is 0 Å². The monoisotopic (exact) mass is 326 g/mol. The van der Waals surface area contributed by atoms with Crippen LogP contribution in [0.5, 0.6) is 0 Å². The van der Waals surface area contributed by atoms with Crippen molar-refractivity contribution in [1.82, 2.24) is 19.8 Å². The Kier molecular flexibility index (Phi) is 3.50. The largest absolute Gasteiger partial charge is 0.424 e. The van der Waals surface area contributed by atoms with Crippen LogP contribution in [0.25, 0.3) is 0 Å². The second-order valence-electron chi connectivity index (χ2n) is 7.00. The zero-order valence-corrected chi connectivity index (χ0v) is 13.6. The second-order valence-corrected chi connectivity index (χ2v) is 8.78. The lowest BCUT2D eigenvalue weighted by Gasteiger charge is -2.17. The molecule has 1 N–H and O–H groups in total. The summed E-state index contributed by atoms with van der Waals surface area (Å²) in [4.78, 5) is 2.23. The number of hydrogen-bond donors (Lipinski definition) is 1. The third-order valence-electron chi connectivity index (χ3n) is 4.80. The molecule has 0 spiro atoms. The van der Waals surface area contributed by atoms with Crippen LogP contribution in [-0.4, -0.2) is 48.9 Å². The lowest BCUT2D eigenvalue weighted by Crippen LogP contribution is -2.40. The van der Waals surface area contributed by atoms with Crippen LogP contribution in [0.2, 0.25) is 0 Å². The Labute approximate surface area is 130 Å². The van der Waals surface area contributed by atoms with Gasteiger partial charge in [0.2, 0.25) is 21.8 Å². The van der Waals surface area contributed by atoms with Gasteiger partial charge in [-0.2, -0.15) is 0 Å². The smallest absolute Gasteiger partial charge is 0.230 e. The molecule has 1 aromatic rings. The second kappa shape index (κ2) is 5.28. The Morgan fingerprint density at radius 3 is 2.64 bits per heavy atom. The summed E-state index contributed by atoms with van der Waals surface area (Å²) in [5.74, 6) is 2.95. The minimum Gasteiger partial charge on any atom is -0.424 e. The zero-order chi connectivity index (χ0) is 15.3. The van der Waals surface area contributed by atoms with Crippen LogP contribution in [0.3, 0.4) is 0 Å². The maximum Gasteiger partial charge on any atom is 0.230 e. The molecule has 2 heterocycles. The Hall–Kier alpha value is -0.990. The molecule has 0 unspecified atom stereocenters. The molecule has 0 aromatic carbocycles. The SMILES string of the molecule is CS(=O)(=O)N[C@H]1CN(Cc2nnc(C3CC3)o2)C[C@@H]1C1CC1. The van der Waals surface area contributed by atoms with Gasteiger partial charge in [-0.25, -0.2) is 13.1 Å². The predicted molar refractivity (Wildman–Crippen MR) is 79.5 cm³/mol. The summed E-state index contributed by atoms with van der Waals surface area (Å²) >= 11 is 0. The first kappa shape index (κ1) is 14.6. The molecule has 4 rings (SSSR count). The summed E-state index contributed by atoms with van der Waals surface area (Å²) in [6.07, 6.45) is 5.96. The fourth-order valence-electron chi connectivity index (χ4n) is 3.46. The van der Waals surface area contributed by atoms with Gasteiger partial charge in [0.15, 0.2) is 0 Å². The van der Waals surface area contributed by atoms with Gasteiger partial charge >= 0.3 is 0 Å². The molecule has 2 aliphatic carbocycles. The van der Waals surface area contributed by atoms with Crippen molar-refractivity contribution in [3.63, 3.8) is 0 Å². The van der Waals surface area contributed by atoms with E-state index in [0.717, 1.165) is 31.8 Å². The van der Waals surface area contributed by atoms with Crippen LogP contribution < -0.4 is 4.72 Å². The molecule has 1 aromatic heterocycles. The zero-order valence-electron chi connectivity index (χ0n) is 12.7. The van der Waals surface area contributed by atoms with Crippen LogP contribution in [-0.2, 0) is 16.6 Å². The molecule has 0 bridgehead atoms. The molecular formula is C14H22N4O3S. The first-order valence-corrected chi connectivity index (χ1v) is 9.89. The van der Waals surface area contributed by atoms with E-state index in [0.29, 0.717) is 30.2 Å². The van der Waals surface area contributed by atoms with Crippen molar-refractivity contribution in [3.05, 3.63) is 11.8 Å². The first-order chi connectivity index (χ1) is 10.5. The summed E-state index contributed by atoms with van der Waals surface area (Å²) in [7, 11) is -3.17. The van der Waals surface area contributed by atoms with Crippen molar-refractivity contribution in [2.75, 3.05) is 19.3 Å². The number of aromatic nitrogens is 2. The van der Waals surface area contributed by atoms with Gasteiger partial charge in [0, 0.05) is 25.0 Å². The Bertz CT molecular complexity index is 651. The fourth-order valence-corrected chi connectivity index (χ4v) is 4.26. The van der Waals surface area contributed by atoms with Crippen molar-refractivity contribution in [2.24, 2.45) is 11.8 Å². The Balaban J connectivity index is 1.41. The number of nitrogens with zero attached hydrogens (tertiary/aromatic N) is 3. The van der Waals surface area contributed by atoms with Crippen molar-refractivity contribution in [3.8, 4) is 0 Å². The molecule has 2 atom stereocenters. The van der Waals surface area contributed by atoms with E-state index >= 15 is 0 Å². The van der Waals surface area contributed by atoms with Gasteiger partial charge in [-0.3, -0.25) is 4.90 Å². The molecule has 2 saturated carbocycles. The van der Waals surface area contributed by atoms with Crippen molar-refractivity contribution < 1.29 is 12.8 Å². The van der Waals surface area contributed by atoms with Gasteiger partial charge in [-0.15, -0.1) is 10.2 Å². The van der Waals surface area contributed by atoms with Gasteiger partial charge in [-0.05, 0) is 37.5 Å². The highest BCUT2D eigenvalue weighted by Crippen LogP contribution is 2.42. The Morgan fingerprint density at radius 2 is 2.00 bits per heavy atom. The normalized spacial score (nSPS) is 30.0. The molecule has 8 heteroatoms. The average molecular weight is 326 g/mol. The minimum absolute atomic E-state index is 0.00771. The molecule has 0 radical (unpaired) electrons. The molecule has 7 nitrogen and oxygen atoms in total. The van der Waals surface area contributed by atoms with E-state index in [1.54, 1.807) is 0 Å². The third kappa shape index (κ3) is 3.33. The van der Waals surface area contributed by atoms with E-state index < -0.39 is 10.0 Å². The standard InChI is InChI=1S/C14H22N4O3S/c1-22(19,20)17-12-7-18(6-11(12)9-2-3-9)8-13-15-16-14(21-13)10-4-5-10/h9-12,17H,2-8H2,1H3/t11-,12+/m1/s1. The molecule has 3 fully saturated rings. The summed E-state index contributed by atoms with van der Waals surface area (Å²) < 4.78 is 31.6. The van der Waals surface area contributed by atoms with E-state index in [1.807, 2.05) is 0 Å². The van der Waals surface area contributed by atoms with Crippen LogP contribution in [0, 0.1) is 11.8 Å². The lowest BCUT2D eigenvalue weighted by atomic mass is 9.99. The number of sulfonamides is 1. The number of rotatable bonds is 6. The molecule has 3 aliphatic rings. The summed E-state index contributed by atoms with van der Waals surface area (Å²) in [5, 5.41) is 8.24. The highest BCUT2D eigenvalue weighted by Gasteiger charge is 2.43. The fraction of sp³-hybridized carbons (Fsp3) is 0.857. The maximum atomic E-state index is 11.6. The van der Waals surface area contributed by atoms with Gasteiger partial charge < -0.3 is 4.42 Å². The van der Waals surface area contributed by atoms with E-state index in [9.17, 15) is 8.42 Å². The summed E-state index contributed by atoms with van der Waals surface area (Å²) in [5.41, 5.74) is 0. The Morgan fingerprint density at radius 1 is 1.23 bits per heavy atom.